The van der Waals surface area contributed by atoms with Crippen LogP contribution in [0.5, 0.6) is 0 Å². The summed E-state index contributed by atoms with van der Waals surface area (Å²) in [5.41, 5.74) is 0. The highest BCUT2D eigenvalue weighted by atomic mass is 16.5. The molecular formula is C13H21NO5. The Balaban J connectivity index is 2.63. The molecule has 0 aromatic rings. The monoisotopic (exact) mass is 271 g/mol. The van der Waals surface area contributed by atoms with E-state index < -0.39 is 23.8 Å². The molecule has 0 aromatic heterocycles. The molecule has 0 bridgehead atoms. The van der Waals surface area contributed by atoms with Crippen molar-refractivity contribution < 1.29 is 24.2 Å². The molecule has 2 atom stereocenters. The van der Waals surface area contributed by atoms with Crippen molar-refractivity contribution in [3.8, 4) is 0 Å². The van der Waals surface area contributed by atoms with Crippen LogP contribution in [-0.2, 0) is 19.1 Å². The summed E-state index contributed by atoms with van der Waals surface area (Å²) < 4.78 is 4.78. The molecule has 6 nitrogen and oxygen atoms in total. The smallest absolute Gasteiger partial charge is 0.325 e. The van der Waals surface area contributed by atoms with E-state index in [4.69, 9.17) is 9.84 Å². The lowest BCUT2D eigenvalue weighted by Gasteiger charge is -2.30. The first kappa shape index (κ1) is 15.5. The first-order valence-corrected chi connectivity index (χ1v) is 6.60. The summed E-state index contributed by atoms with van der Waals surface area (Å²) >= 11 is 0. The van der Waals surface area contributed by atoms with Crippen LogP contribution in [0.1, 0.15) is 32.6 Å². The highest BCUT2D eigenvalue weighted by Crippen LogP contribution is 2.31. The molecule has 1 aliphatic carbocycles. The molecule has 0 aliphatic heterocycles. The van der Waals surface area contributed by atoms with Crippen LogP contribution in [0.15, 0.2) is 0 Å². The van der Waals surface area contributed by atoms with Crippen molar-refractivity contribution in [1.82, 2.24) is 4.90 Å². The third kappa shape index (κ3) is 4.22. The van der Waals surface area contributed by atoms with Gasteiger partial charge in [-0.1, -0.05) is 12.8 Å². The minimum atomic E-state index is -0.928. The first-order valence-electron chi connectivity index (χ1n) is 6.60. The largest absolute Gasteiger partial charge is 0.481 e. The Morgan fingerprint density at radius 3 is 2.32 bits per heavy atom. The fraction of sp³-hybridized carbons (Fsp3) is 0.769. The molecule has 0 aromatic carbocycles. The van der Waals surface area contributed by atoms with Gasteiger partial charge < -0.3 is 14.7 Å². The second kappa shape index (κ2) is 7.11. The zero-order valence-corrected chi connectivity index (χ0v) is 11.4. The Morgan fingerprint density at radius 2 is 1.79 bits per heavy atom. The van der Waals surface area contributed by atoms with E-state index in [0.29, 0.717) is 12.8 Å². The predicted octanol–water partition coefficient (Wildman–Crippen LogP) is 0.899. The molecule has 1 amide bonds. The molecule has 1 N–H and O–H groups in total. The normalized spacial score (nSPS) is 22.6. The molecule has 0 radical (unpaired) electrons. The fourth-order valence-electron chi connectivity index (χ4n) is 2.48. The van der Waals surface area contributed by atoms with Crippen LogP contribution in [0, 0.1) is 11.8 Å². The number of carbonyl (C=O) groups excluding carboxylic acids is 2. The van der Waals surface area contributed by atoms with E-state index in [1.165, 1.54) is 11.9 Å². The Bertz CT molecular complexity index is 355. The summed E-state index contributed by atoms with van der Waals surface area (Å²) in [5, 5.41) is 9.14. The van der Waals surface area contributed by atoms with Crippen molar-refractivity contribution in [2.45, 2.75) is 32.6 Å². The molecule has 1 fully saturated rings. The SMILES string of the molecule is CCOC(=O)CN(C)C(=O)C1CCCCC1C(=O)O. The lowest BCUT2D eigenvalue weighted by Crippen LogP contribution is -2.42. The van der Waals surface area contributed by atoms with Gasteiger partial charge in [-0.05, 0) is 19.8 Å². The van der Waals surface area contributed by atoms with Gasteiger partial charge in [0.15, 0.2) is 0 Å². The molecule has 108 valence electrons. The lowest BCUT2D eigenvalue weighted by molar-refractivity contribution is -0.154. The first-order chi connectivity index (χ1) is 8.97. The molecule has 0 spiro atoms. The number of carbonyl (C=O) groups is 3. The number of amides is 1. The summed E-state index contributed by atoms with van der Waals surface area (Å²) in [5.74, 6) is -2.83. The van der Waals surface area contributed by atoms with Gasteiger partial charge in [0.1, 0.15) is 6.54 Å². The van der Waals surface area contributed by atoms with Gasteiger partial charge in [0.2, 0.25) is 5.91 Å². The van der Waals surface area contributed by atoms with Crippen LogP contribution >= 0.6 is 0 Å². The van der Waals surface area contributed by atoms with E-state index in [-0.39, 0.29) is 19.1 Å². The minimum absolute atomic E-state index is 0.129. The Kier molecular flexibility index (Phi) is 5.79. The van der Waals surface area contributed by atoms with Crippen LogP contribution in [0.2, 0.25) is 0 Å². The third-order valence-corrected chi connectivity index (χ3v) is 3.45. The molecule has 1 saturated carbocycles. The number of hydrogen-bond acceptors (Lipinski definition) is 4. The number of hydrogen-bond donors (Lipinski definition) is 1. The van der Waals surface area contributed by atoms with Crippen molar-refractivity contribution in [2.75, 3.05) is 20.2 Å². The summed E-state index contributed by atoms with van der Waals surface area (Å²) in [6.07, 6.45) is 2.79. The number of carboxylic acids is 1. The number of carboxylic acid groups (broad SMARTS) is 1. The van der Waals surface area contributed by atoms with Crippen LogP contribution in [0.3, 0.4) is 0 Å². The van der Waals surface area contributed by atoms with E-state index >= 15 is 0 Å². The van der Waals surface area contributed by atoms with Gasteiger partial charge >= 0.3 is 11.9 Å². The Labute approximate surface area is 112 Å². The number of esters is 1. The molecule has 0 heterocycles. The van der Waals surface area contributed by atoms with Crippen molar-refractivity contribution in [2.24, 2.45) is 11.8 Å². The number of ether oxygens (including phenoxy) is 1. The standard InChI is InChI=1S/C13H21NO5/c1-3-19-11(15)8-14(2)12(16)9-6-4-5-7-10(9)13(17)18/h9-10H,3-8H2,1-2H3,(H,17,18). The summed E-state index contributed by atoms with van der Waals surface area (Å²) in [6.45, 7) is 1.83. The second-order valence-corrected chi connectivity index (χ2v) is 4.84. The summed E-state index contributed by atoms with van der Waals surface area (Å²) in [6, 6.07) is 0. The quantitative estimate of drug-likeness (QED) is 0.751. The average Bonchev–Trinajstić information content (AvgIpc) is 2.37. The number of likely N-dealkylation sites (N-methyl/N-ethyl adjacent to an activating group) is 1. The summed E-state index contributed by atoms with van der Waals surface area (Å²) in [7, 11) is 1.51. The maximum atomic E-state index is 12.2. The molecule has 19 heavy (non-hydrogen) atoms. The zero-order valence-electron chi connectivity index (χ0n) is 11.4. The van der Waals surface area contributed by atoms with E-state index in [2.05, 4.69) is 0 Å². The van der Waals surface area contributed by atoms with Gasteiger partial charge in [-0.15, -0.1) is 0 Å². The van der Waals surface area contributed by atoms with Gasteiger partial charge in [-0.3, -0.25) is 14.4 Å². The zero-order chi connectivity index (χ0) is 14.4. The average molecular weight is 271 g/mol. The van der Waals surface area contributed by atoms with Crippen LogP contribution in [0.25, 0.3) is 0 Å². The van der Waals surface area contributed by atoms with Crippen molar-refractivity contribution in [3.63, 3.8) is 0 Å². The van der Waals surface area contributed by atoms with Crippen molar-refractivity contribution in [3.05, 3.63) is 0 Å². The van der Waals surface area contributed by atoms with Gasteiger partial charge in [0, 0.05) is 7.05 Å². The molecule has 1 aliphatic rings. The molecule has 6 heteroatoms. The Morgan fingerprint density at radius 1 is 1.21 bits per heavy atom. The lowest BCUT2D eigenvalue weighted by atomic mass is 9.78. The number of rotatable bonds is 5. The number of aliphatic carboxylic acids is 1. The van der Waals surface area contributed by atoms with E-state index in [9.17, 15) is 14.4 Å². The molecule has 2 unspecified atom stereocenters. The van der Waals surface area contributed by atoms with Gasteiger partial charge in [-0.25, -0.2) is 0 Å². The second-order valence-electron chi connectivity index (χ2n) is 4.84. The van der Waals surface area contributed by atoms with E-state index in [0.717, 1.165) is 12.8 Å². The molecule has 1 rings (SSSR count). The molecular weight excluding hydrogens is 250 g/mol. The predicted molar refractivity (Wildman–Crippen MR) is 67.4 cm³/mol. The fourth-order valence-corrected chi connectivity index (χ4v) is 2.48. The van der Waals surface area contributed by atoms with Crippen LogP contribution < -0.4 is 0 Å². The topological polar surface area (TPSA) is 83.9 Å². The molecule has 0 saturated heterocycles. The maximum absolute atomic E-state index is 12.2. The third-order valence-electron chi connectivity index (χ3n) is 3.45. The van der Waals surface area contributed by atoms with E-state index in [1.807, 2.05) is 0 Å². The Hall–Kier alpha value is -1.59. The number of nitrogens with zero attached hydrogens (tertiary/aromatic N) is 1. The highest BCUT2D eigenvalue weighted by Gasteiger charge is 2.37. The van der Waals surface area contributed by atoms with Crippen LogP contribution in [-0.4, -0.2) is 48.1 Å². The van der Waals surface area contributed by atoms with Gasteiger partial charge in [0.25, 0.3) is 0 Å². The van der Waals surface area contributed by atoms with Crippen molar-refractivity contribution >= 4 is 17.8 Å². The van der Waals surface area contributed by atoms with E-state index in [1.54, 1.807) is 6.92 Å². The van der Waals surface area contributed by atoms with Gasteiger partial charge in [0.05, 0.1) is 18.4 Å². The van der Waals surface area contributed by atoms with Gasteiger partial charge in [-0.2, -0.15) is 0 Å². The maximum Gasteiger partial charge on any atom is 0.325 e. The summed E-state index contributed by atoms with van der Waals surface area (Å²) in [4.78, 5) is 36.0. The van der Waals surface area contributed by atoms with Crippen molar-refractivity contribution in [1.29, 1.82) is 0 Å². The van der Waals surface area contributed by atoms with Crippen LogP contribution in [0.4, 0.5) is 0 Å². The minimum Gasteiger partial charge on any atom is -0.481 e. The highest BCUT2D eigenvalue weighted by molar-refractivity contribution is 5.87.